The quantitative estimate of drug-likeness (QED) is 0.756. The van der Waals surface area contributed by atoms with Crippen LogP contribution in [-0.2, 0) is 11.2 Å². The number of carbonyl (C=O) groups excluding carboxylic acids is 1. The van der Waals surface area contributed by atoms with Gasteiger partial charge in [-0.15, -0.1) is 0 Å². The summed E-state index contributed by atoms with van der Waals surface area (Å²) in [7, 11) is 3.16. The first-order chi connectivity index (χ1) is 13.6. The number of halogens is 1. The minimum Gasteiger partial charge on any atom is -0.493 e. The van der Waals surface area contributed by atoms with Crippen molar-refractivity contribution in [3.05, 3.63) is 59.4 Å². The summed E-state index contributed by atoms with van der Waals surface area (Å²) < 4.78 is 23.8. The molecule has 1 amide bonds. The van der Waals surface area contributed by atoms with Crippen molar-refractivity contribution < 1.29 is 18.7 Å². The van der Waals surface area contributed by atoms with E-state index < -0.39 is 0 Å². The normalized spacial score (nSPS) is 15.2. The van der Waals surface area contributed by atoms with Crippen molar-refractivity contribution in [2.24, 2.45) is 0 Å². The van der Waals surface area contributed by atoms with Gasteiger partial charge in [0.15, 0.2) is 11.5 Å². The second-order valence-corrected chi connectivity index (χ2v) is 6.98. The number of amides is 1. The molecule has 0 aliphatic carbocycles. The standard InChI is InChI=1S/C22H27FN2O3/c1-27-20-10-5-16(13-21(20)28-2)14-22(26)24-15-19(25-11-3-4-12-25)17-6-8-18(23)9-7-17/h5-10,13,19H,3-4,11-12,14-15H2,1-2H3,(H,24,26). The second kappa shape index (κ2) is 9.55. The molecule has 0 bridgehead atoms. The molecular weight excluding hydrogens is 359 g/mol. The molecule has 1 heterocycles. The van der Waals surface area contributed by atoms with E-state index in [1.54, 1.807) is 32.4 Å². The van der Waals surface area contributed by atoms with Gasteiger partial charge in [-0.1, -0.05) is 18.2 Å². The molecule has 1 aliphatic rings. The Morgan fingerprint density at radius 1 is 1.07 bits per heavy atom. The summed E-state index contributed by atoms with van der Waals surface area (Å²) in [5.74, 6) is 0.936. The maximum absolute atomic E-state index is 13.3. The van der Waals surface area contributed by atoms with Crippen LogP contribution in [0.25, 0.3) is 0 Å². The van der Waals surface area contributed by atoms with E-state index in [0.717, 1.165) is 37.1 Å². The number of hydrogen-bond donors (Lipinski definition) is 1. The fourth-order valence-electron chi connectivity index (χ4n) is 3.64. The van der Waals surface area contributed by atoms with Gasteiger partial charge < -0.3 is 14.8 Å². The van der Waals surface area contributed by atoms with E-state index >= 15 is 0 Å². The lowest BCUT2D eigenvalue weighted by atomic mass is 10.0. The van der Waals surface area contributed by atoms with Crippen molar-refractivity contribution in [1.82, 2.24) is 10.2 Å². The van der Waals surface area contributed by atoms with Crippen LogP contribution in [0.4, 0.5) is 4.39 Å². The summed E-state index contributed by atoms with van der Waals surface area (Å²) >= 11 is 0. The molecule has 2 aromatic carbocycles. The Morgan fingerprint density at radius 3 is 2.39 bits per heavy atom. The highest BCUT2D eigenvalue weighted by atomic mass is 19.1. The number of carbonyl (C=O) groups is 1. The number of nitrogens with one attached hydrogen (secondary N) is 1. The molecule has 2 aromatic rings. The number of hydrogen-bond acceptors (Lipinski definition) is 4. The molecule has 6 heteroatoms. The summed E-state index contributed by atoms with van der Waals surface area (Å²) in [6.45, 7) is 2.49. The van der Waals surface area contributed by atoms with E-state index in [2.05, 4.69) is 10.2 Å². The van der Waals surface area contributed by atoms with E-state index in [9.17, 15) is 9.18 Å². The van der Waals surface area contributed by atoms with E-state index in [4.69, 9.17) is 9.47 Å². The summed E-state index contributed by atoms with van der Waals surface area (Å²) in [6.07, 6.45) is 2.56. The number of likely N-dealkylation sites (tertiary alicyclic amines) is 1. The molecule has 1 aliphatic heterocycles. The van der Waals surface area contributed by atoms with Crippen molar-refractivity contribution in [1.29, 1.82) is 0 Å². The molecule has 0 spiro atoms. The number of ether oxygens (including phenoxy) is 2. The molecule has 0 aromatic heterocycles. The Bertz CT molecular complexity index is 789. The Morgan fingerprint density at radius 2 is 1.75 bits per heavy atom. The lowest BCUT2D eigenvalue weighted by Crippen LogP contribution is -2.37. The van der Waals surface area contributed by atoms with E-state index in [0.29, 0.717) is 18.0 Å². The largest absolute Gasteiger partial charge is 0.493 e. The van der Waals surface area contributed by atoms with Gasteiger partial charge in [-0.3, -0.25) is 9.69 Å². The zero-order valence-corrected chi connectivity index (χ0v) is 16.4. The predicted molar refractivity (Wildman–Crippen MR) is 106 cm³/mol. The molecule has 1 atom stereocenters. The predicted octanol–water partition coefficient (Wildman–Crippen LogP) is 3.34. The minimum absolute atomic E-state index is 0.0532. The molecule has 28 heavy (non-hydrogen) atoms. The first-order valence-corrected chi connectivity index (χ1v) is 9.58. The third-order valence-corrected chi connectivity index (χ3v) is 5.14. The van der Waals surface area contributed by atoms with Crippen LogP contribution in [0.3, 0.4) is 0 Å². The number of nitrogens with zero attached hydrogens (tertiary/aromatic N) is 1. The molecule has 3 rings (SSSR count). The van der Waals surface area contributed by atoms with Gasteiger partial charge in [-0.05, 0) is 61.3 Å². The molecule has 0 radical (unpaired) electrons. The van der Waals surface area contributed by atoms with E-state index in [1.807, 2.05) is 12.1 Å². The lowest BCUT2D eigenvalue weighted by molar-refractivity contribution is -0.120. The van der Waals surface area contributed by atoms with Gasteiger partial charge in [0.25, 0.3) is 0 Å². The van der Waals surface area contributed by atoms with Crippen LogP contribution in [0.15, 0.2) is 42.5 Å². The van der Waals surface area contributed by atoms with Crippen LogP contribution in [-0.4, -0.2) is 44.7 Å². The third kappa shape index (κ3) is 5.01. The van der Waals surface area contributed by atoms with Crippen LogP contribution >= 0.6 is 0 Å². The van der Waals surface area contributed by atoms with Gasteiger partial charge in [0.1, 0.15) is 5.82 Å². The summed E-state index contributed by atoms with van der Waals surface area (Å²) in [6, 6.07) is 12.1. The zero-order valence-electron chi connectivity index (χ0n) is 16.4. The van der Waals surface area contributed by atoms with Gasteiger partial charge in [0.05, 0.1) is 26.7 Å². The maximum atomic E-state index is 13.3. The van der Waals surface area contributed by atoms with Crippen LogP contribution in [0.1, 0.15) is 30.0 Å². The Labute approximate surface area is 165 Å². The molecule has 0 saturated carbocycles. The lowest BCUT2D eigenvalue weighted by Gasteiger charge is -2.28. The number of methoxy groups -OCH3 is 2. The maximum Gasteiger partial charge on any atom is 0.224 e. The van der Waals surface area contributed by atoms with E-state index in [1.165, 1.54) is 12.1 Å². The van der Waals surface area contributed by atoms with Crippen molar-refractivity contribution in [2.75, 3.05) is 33.9 Å². The van der Waals surface area contributed by atoms with Gasteiger partial charge in [0, 0.05) is 6.54 Å². The molecule has 5 nitrogen and oxygen atoms in total. The molecule has 1 unspecified atom stereocenters. The molecule has 1 saturated heterocycles. The van der Waals surface area contributed by atoms with Crippen LogP contribution in [0, 0.1) is 5.82 Å². The average molecular weight is 386 g/mol. The molecule has 1 N–H and O–H groups in total. The average Bonchev–Trinajstić information content (AvgIpc) is 3.24. The summed E-state index contributed by atoms with van der Waals surface area (Å²) in [5.41, 5.74) is 1.88. The summed E-state index contributed by atoms with van der Waals surface area (Å²) in [5, 5.41) is 3.04. The highest BCUT2D eigenvalue weighted by Gasteiger charge is 2.24. The smallest absolute Gasteiger partial charge is 0.224 e. The Hall–Kier alpha value is -2.60. The summed E-state index contributed by atoms with van der Waals surface area (Å²) in [4.78, 5) is 14.9. The molecule has 1 fully saturated rings. The van der Waals surface area contributed by atoms with Crippen LogP contribution in [0.2, 0.25) is 0 Å². The van der Waals surface area contributed by atoms with Crippen molar-refractivity contribution in [2.45, 2.75) is 25.3 Å². The fourth-order valence-corrected chi connectivity index (χ4v) is 3.64. The van der Waals surface area contributed by atoms with Crippen molar-refractivity contribution in [3.8, 4) is 11.5 Å². The number of rotatable bonds is 8. The molecular formula is C22H27FN2O3. The van der Waals surface area contributed by atoms with Gasteiger partial charge in [-0.2, -0.15) is 0 Å². The minimum atomic E-state index is -0.249. The fraction of sp³-hybridized carbons (Fsp3) is 0.409. The SMILES string of the molecule is COc1ccc(CC(=O)NCC(c2ccc(F)cc2)N2CCCC2)cc1OC. The highest BCUT2D eigenvalue weighted by molar-refractivity contribution is 5.78. The van der Waals surface area contributed by atoms with Gasteiger partial charge >= 0.3 is 0 Å². The molecule has 150 valence electrons. The van der Waals surface area contributed by atoms with E-state index in [-0.39, 0.29) is 24.2 Å². The van der Waals surface area contributed by atoms with Crippen LogP contribution in [0.5, 0.6) is 11.5 Å². The topological polar surface area (TPSA) is 50.8 Å². The third-order valence-electron chi connectivity index (χ3n) is 5.14. The number of benzene rings is 2. The van der Waals surface area contributed by atoms with Crippen molar-refractivity contribution >= 4 is 5.91 Å². The first kappa shape index (κ1) is 20.1. The Kier molecular flexibility index (Phi) is 6.87. The van der Waals surface area contributed by atoms with Crippen LogP contribution < -0.4 is 14.8 Å². The Balaban J connectivity index is 1.64. The highest BCUT2D eigenvalue weighted by Crippen LogP contribution is 2.28. The van der Waals surface area contributed by atoms with Gasteiger partial charge in [-0.25, -0.2) is 4.39 Å². The monoisotopic (exact) mass is 386 g/mol. The van der Waals surface area contributed by atoms with Gasteiger partial charge in [0.2, 0.25) is 5.91 Å². The zero-order chi connectivity index (χ0) is 19.9. The first-order valence-electron chi connectivity index (χ1n) is 9.58. The second-order valence-electron chi connectivity index (χ2n) is 6.98. The van der Waals surface area contributed by atoms with Crippen molar-refractivity contribution in [3.63, 3.8) is 0 Å².